The Morgan fingerprint density at radius 1 is 1.05 bits per heavy atom. The number of carboxylic acids is 1. The molecule has 5 fully saturated rings. The average Bonchev–Trinajstić information content (AvgIpc) is 3.56. The first-order chi connectivity index (χ1) is 20.4. The van der Waals surface area contributed by atoms with Gasteiger partial charge in [-0.3, -0.25) is 14.7 Å². The van der Waals surface area contributed by atoms with Crippen molar-refractivity contribution in [1.29, 1.82) is 0 Å². The Morgan fingerprint density at radius 2 is 1.79 bits per heavy atom. The monoisotopic (exact) mass is 571 g/mol. The van der Waals surface area contributed by atoms with Crippen molar-refractivity contribution >= 4 is 33.5 Å². The van der Waals surface area contributed by atoms with Gasteiger partial charge in [0.1, 0.15) is 29.5 Å². The van der Waals surface area contributed by atoms with Crippen molar-refractivity contribution in [2.75, 3.05) is 37.7 Å². The van der Waals surface area contributed by atoms with Crippen molar-refractivity contribution in [3.8, 4) is 17.3 Å². The molecule has 0 radical (unpaired) electrons. The minimum atomic E-state index is -0.760. The molecule has 4 aromatic rings. The van der Waals surface area contributed by atoms with E-state index in [-0.39, 0.29) is 40.5 Å². The molecule has 1 saturated carbocycles. The third-order valence-electron chi connectivity index (χ3n) is 10.1. The minimum absolute atomic E-state index is 0.01000. The Bertz CT molecular complexity index is 1720. The first-order valence-electron chi connectivity index (χ1n) is 14.8. The lowest BCUT2D eigenvalue weighted by molar-refractivity contribution is -0.153. The van der Waals surface area contributed by atoms with Gasteiger partial charge in [-0.05, 0) is 68.5 Å². The standard InChI is InChI=1S/C32H31F2N5O3/c33-23-8-2-6-18-5-1-7-21(25(18)23)27-26(34)28-22(14-35-27)29(38-15-19-13-20(16-38)24(19)30(40)41)37-31(36-28)42-17-32-9-3-11-39(32)12-4-10-32/h1-2,5-8,14,19-20,24H,3-4,9-13,15-17H2,(H,40,41). The summed E-state index contributed by atoms with van der Waals surface area (Å²) in [7, 11) is 0. The summed E-state index contributed by atoms with van der Waals surface area (Å²) in [5.41, 5.74) is 0.386. The number of fused-ring (bicyclic) bond motifs is 5. The number of aliphatic carboxylic acids is 1. The first-order valence-corrected chi connectivity index (χ1v) is 14.8. The van der Waals surface area contributed by atoms with Crippen molar-refractivity contribution in [2.45, 2.75) is 37.6 Å². The maximum absolute atomic E-state index is 16.5. The number of halogens is 2. The van der Waals surface area contributed by atoms with Gasteiger partial charge in [-0.25, -0.2) is 8.78 Å². The van der Waals surface area contributed by atoms with Crippen LogP contribution in [-0.2, 0) is 4.79 Å². The Hall–Kier alpha value is -3.92. The van der Waals surface area contributed by atoms with Gasteiger partial charge >= 0.3 is 12.0 Å². The fourth-order valence-electron chi connectivity index (χ4n) is 8.13. The Morgan fingerprint density at radius 3 is 2.52 bits per heavy atom. The van der Waals surface area contributed by atoms with Gasteiger partial charge in [0.05, 0.1) is 16.8 Å². The summed E-state index contributed by atoms with van der Waals surface area (Å²) in [5, 5.41) is 11.1. The van der Waals surface area contributed by atoms with Crippen molar-refractivity contribution in [1.82, 2.24) is 19.9 Å². The second kappa shape index (κ2) is 9.55. The van der Waals surface area contributed by atoms with Gasteiger partial charge in [0.2, 0.25) is 0 Å². The fraction of sp³-hybridized carbons (Fsp3) is 0.438. The molecule has 8 nitrogen and oxygen atoms in total. The number of carboxylic acid groups (broad SMARTS) is 1. The van der Waals surface area contributed by atoms with Crippen LogP contribution in [0.2, 0.25) is 0 Å². The Labute approximate surface area is 241 Å². The predicted octanol–water partition coefficient (Wildman–Crippen LogP) is 5.29. The number of pyridine rings is 1. The molecule has 2 bridgehead atoms. The molecular formula is C32H31F2N5O3. The van der Waals surface area contributed by atoms with Gasteiger partial charge in [0.25, 0.3) is 0 Å². The van der Waals surface area contributed by atoms with Crippen molar-refractivity contribution in [3.63, 3.8) is 0 Å². The van der Waals surface area contributed by atoms with Gasteiger partial charge < -0.3 is 14.7 Å². The van der Waals surface area contributed by atoms with Crippen LogP contribution in [0, 0.1) is 29.4 Å². The van der Waals surface area contributed by atoms with E-state index in [1.807, 2.05) is 4.90 Å². The van der Waals surface area contributed by atoms with Crippen LogP contribution in [0.5, 0.6) is 6.01 Å². The minimum Gasteiger partial charge on any atom is -0.481 e. The molecular weight excluding hydrogens is 540 g/mol. The zero-order chi connectivity index (χ0) is 28.6. The average molecular weight is 572 g/mol. The third kappa shape index (κ3) is 3.87. The van der Waals surface area contributed by atoms with Crippen molar-refractivity contribution in [3.05, 3.63) is 54.2 Å². The molecule has 42 heavy (non-hydrogen) atoms. The number of piperidine rings is 2. The number of carbonyl (C=O) groups is 1. The molecule has 1 aliphatic carbocycles. The molecule has 10 heteroatoms. The van der Waals surface area contributed by atoms with Crippen LogP contribution in [0.3, 0.4) is 0 Å². The second-order valence-corrected chi connectivity index (χ2v) is 12.4. The lowest BCUT2D eigenvalue weighted by Crippen LogP contribution is -2.58. The zero-order valence-corrected chi connectivity index (χ0v) is 23.1. The van der Waals surface area contributed by atoms with Crippen LogP contribution in [0.1, 0.15) is 32.1 Å². The van der Waals surface area contributed by atoms with Crippen molar-refractivity contribution in [2.24, 2.45) is 17.8 Å². The topological polar surface area (TPSA) is 91.7 Å². The van der Waals surface area contributed by atoms with Gasteiger partial charge in [-0.2, -0.15) is 9.97 Å². The van der Waals surface area contributed by atoms with Crippen LogP contribution in [0.4, 0.5) is 14.6 Å². The number of ether oxygens (including phenoxy) is 1. The highest BCUT2D eigenvalue weighted by atomic mass is 19.1. The molecule has 0 spiro atoms. The van der Waals surface area contributed by atoms with Crippen LogP contribution < -0.4 is 9.64 Å². The number of benzene rings is 2. The van der Waals surface area contributed by atoms with E-state index in [0.29, 0.717) is 47.2 Å². The molecule has 2 unspecified atom stereocenters. The van der Waals surface area contributed by atoms with Gasteiger partial charge in [-0.15, -0.1) is 0 Å². The van der Waals surface area contributed by atoms with E-state index in [0.717, 1.165) is 45.2 Å². The molecule has 2 atom stereocenters. The largest absolute Gasteiger partial charge is 0.481 e. The van der Waals surface area contributed by atoms with Gasteiger partial charge in [0, 0.05) is 30.2 Å². The lowest BCUT2D eigenvalue weighted by Gasteiger charge is -2.52. The fourth-order valence-corrected chi connectivity index (χ4v) is 8.13. The highest BCUT2D eigenvalue weighted by Crippen LogP contribution is 2.48. The highest BCUT2D eigenvalue weighted by molar-refractivity contribution is 5.99. The summed E-state index contributed by atoms with van der Waals surface area (Å²) in [6, 6.07) is 10.1. The zero-order valence-electron chi connectivity index (χ0n) is 23.1. The molecule has 9 rings (SSSR count). The third-order valence-corrected chi connectivity index (χ3v) is 10.1. The summed E-state index contributed by atoms with van der Waals surface area (Å²) in [6.45, 7) is 3.56. The van der Waals surface area contributed by atoms with Crippen LogP contribution in [0.15, 0.2) is 42.6 Å². The number of aromatic nitrogens is 3. The molecule has 2 aromatic heterocycles. The van der Waals surface area contributed by atoms with E-state index in [1.54, 1.807) is 36.5 Å². The molecule has 4 saturated heterocycles. The number of hydrogen-bond acceptors (Lipinski definition) is 7. The number of anilines is 1. The van der Waals surface area contributed by atoms with E-state index in [2.05, 4.69) is 14.9 Å². The SMILES string of the molecule is O=C(O)C1C2CC1CN(c1nc(OCC34CCCN3CCC4)nc3c(F)c(-c4cccc5cccc(F)c45)ncc13)C2. The van der Waals surface area contributed by atoms with Crippen LogP contribution in [0.25, 0.3) is 32.9 Å². The Kier molecular flexibility index (Phi) is 5.86. The maximum Gasteiger partial charge on any atom is 0.319 e. The molecule has 2 aromatic carbocycles. The normalized spacial score (nSPS) is 24.6. The van der Waals surface area contributed by atoms with Gasteiger partial charge in [0.15, 0.2) is 5.82 Å². The first kappa shape index (κ1) is 25.8. The Balaban J connectivity index is 1.23. The van der Waals surface area contributed by atoms with E-state index < -0.39 is 17.6 Å². The highest BCUT2D eigenvalue weighted by Gasteiger charge is 2.51. The molecule has 5 aliphatic rings. The quantitative estimate of drug-likeness (QED) is 0.334. The molecule has 0 amide bonds. The molecule has 216 valence electrons. The van der Waals surface area contributed by atoms with Gasteiger partial charge in [-0.1, -0.05) is 30.3 Å². The van der Waals surface area contributed by atoms with Crippen LogP contribution >= 0.6 is 0 Å². The summed E-state index contributed by atoms with van der Waals surface area (Å²) in [4.78, 5) is 30.2. The summed E-state index contributed by atoms with van der Waals surface area (Å²) < 4.78 is 37.8. The number of rotatable bonds is 6. The maximum atomic E-state index is 16.5. The molecule has 1 N–H and O–H groups in total. The van der Waals surface area contributed by atoms with Crippen LogP contribution in [-0.4, -0.2) is 69.3 Å². The summed E-state index contributed by atoms with van der Waals surface area (Å²) >= 11 is 0. The number of hydrogen-bond donors (Lipinski definition) is 1. The summed E-state index contributed by atoms with van der Waals surface area (Å²) in [6.07, 6.45) is 6.76. The number of nitrogens with zero attached hydrogens (tertiary/aromatic N) is 5. The summed E-state index contributed by atoms with van der Waals surface area (Å²) in [5.74, 6) is -1.71. The molecule has 6 heterocycles. The molecule has 4 aliphatic heterocycles. The predicted molar refractivity (Wildman–Crippen MR) is 153 cm³/mol. The second-order valence-electron chi connectivity index (χ2n) is 12.4. The van der Waals surface area contributed by atoms with E-state index in [4.69, 9.17) is 9.72 Å². The van der Waals surface area contributed by atoms with E-state index in [9.17, 15) is 14.3 Å². The van der Waals surface area contributed by atoms with E-state index in [1.165, 1.54) is 6.07 Å². The smallest absolute Gasteiger partial charge is 0.319 e. The van der Waals surface area contributed by atoms with E-state index >= 15 is 4.39 Å². The lowest BCUT2D eigenvalue weighted by atomic mass is 9.61. The van der Waals surface area contributed by atoms with Crippen molar-refractivity contribution < 1.29 is 23.4 Å².